The van der Waals surface area contributed by atoms with E-state index in [0.717, 1.165) is 29.4 Å². The van der Waals surface area contributed by atoms with E-state index in [2.05, 4.69) is 16.6 Å². The van der Waals surface area contributed by atoms with Crippen molar-refractivity contribution >= 4 is 21.1 Å². The van der Waals surface area contributed by atoms with Gasteiger partial charge in [0.05, 0.1) is 22.5 Å². The SMILES string of the molecule is CCCc1ccc(S(=O)(=O)NCc2nc3ccccc3n2C)cc1. The highest BCUT2D eigenvalue weighted by Crippen LogP contribution is 2.16. The lowest BCUT2D eigenvalue weighted by molar-refractivity contribution is 0.578. The van der Waals surface area contributed by atoms with Crippen molar-refractivity contribution in [2.45, 2.75) is 31.2 Å². The summed E-state index contributed by atoms with van der Waals surface area (Å²) in [6.45, 7) is 2.26. The number of nitrogens with zero attached hydrogens (tertiary/aromatic N) is 2. The maximum Gasteiger partial charge on any atom is 0.240 e. The lowest BCUT2D eigenvalue weighted by atomic mass is 10.1. The van der Waals surface area contributed by atoms with E-state index in [0.29, 0.717) is 5.82 Å². The van der Waals surface area contributed by atoms with Gasteiger partial charge in [-0.1, -0.05) is 37.6 Å². The third-order valence-electron chi connectivity index (χ3n) is 4.07. The first-order chi connectivity index (χ1) is 11.5. The number of nitrogens with one attached hydrogen (secondary N) is 1. The summed E-state index contributed by atoms with van der Waals surface area (Å²) in [5.74, 6) is 0.683. The van der Waals surface area contributed by atoms with Gasteiger partial charge in [0.1, 0.15) is 5.82 Å². The number of hydrogen-bond donors (Lipinski definition) is 1. The minimum Gasteiger partial charge on any atom is -0.330 e. The van der Waals surface area contributed by atoms with Crippen molar-refractivity contribution < 1.29 is 8.42 Å². The van der Waals surface area contributed by atoms with Crippen LogP contribution >= 0.6 is 0 Å². The fraction of sp³-hybridized carbons (Fsp3) is 0.278. The summed E-state index contributed by atoms with van der Waals surface area (Å²) >= 11 is 0. The smallest absolute Gasteiger partial charge is 0.240 e. The molecule has 0 aliphatic rings. The molecule has 0 unspecified atom stereocenters. The summed E-state index contributed by atoms with van der Waals surface area (Å²) in [6.07, 6.45) is 1.99. The van der Waals surface area contributed by atoms with Gasteiger partial charge in [0.25, 0.3) is 0 Å². The number of sulfonamides is 1. The Morgan fingerprint density at radius 1 is 1.08 bits per heavy atom. The van der Waals surface area contributed by atoms with E-state index in [1.54, 1.807) is 12.1 Å². The number of hydrogen-bond acceptors (Lipinski definition) is 3. The number of benzene rings is 2. The third-order valence-corrected chi connectivity index (χ3v) is 5.49. The molecule has 0 saturated carbocycles. The molecular weight excluding hydrogens is 322 g/mol. The summed E-state index contributed by atoms with van der Waals surface area (Å²) in [5, 5.41) is 0. The van der Waals surface area contributed by atoms with Crippen molar-refractivity contribution in [3.05, 3.63) is 59.9 Å². The van der Waals surface area contributed by atoms with Crippen molar-refractivity contribution in [2.24, 2.45) is 7.05 Å². The number of fused-ring (bicyclic) bond motifs is 1. The van der Waals surface area contributed by atoms with Crippen molar-refractivity contribution in [1.82, 2.24) is 14.3 Å². The Morgan fingerprint density at radius 3 is 2.46 bits per heavy atom. The van der Waals surface area contributed by atoms with Crippen LogP contribution in [-0.4, -0.2) is 18.0 Å². The molecule has 24 heavy (non-hydrogen) atoms. The molecule has 126 valence electrons. The molecule has 3 aromatic rings. The normalized spacial score (nSPS) is 11.9. The first kappa shape index (κ1) is 16.7. The number of para-hydroxylation sites is 2. The van der Waals surface area contributed by atoms with Gasteiger partial charge in [0, 0.05) is 7.05 Å². The van der Waals surface area contributed by atoms with Gasteiger partial charge >= 0.3 is 0 Å². The van der Waals surface area contributed by atoms with Gasteiger partial charge in [0.15, 0.2) is 0 Å². The highest BCUT2D eigenvalue weighted by Gasteiger charge is 2.15. The van der Waals surface area contributed by atoms with Crippen LogP contribution in [0.4, 0.5) is 0 Å². The third kappa shape index (κ3) is 3.34. The second-order valence-corrected chi connectivity index (χ2v) is 7.56. The Kier molecular flexibility index (Phi) is 4.69. The monoisotopic (exact) mass is 343 g/mol. The van der Waals surface area contributed by atoms with Crippen molar-refractivity contribution in [1.29, 1.82) is 0 Å². The maximum absolute atomic E-state index is 12.5. The summed E-state index contributed by atoms with van der Waals surface area (Å²) in [6, 6.07) is 14.8. The van der Waals surface area contributed by atoms with Gasteiger partial charge in [-0.3, -0.25) is 0 Å². The molecule has 0 saturated heterocycles. The second kappa shape index (κ2) is 6.75. The fourth-order valence-corrected chi connectivity index (χ4v) is 3.70. The molecule has 2 aromatic carbocycles. The average molecular weight is 343 g/mol. The molecule has 0 radical (unpaired) electrons. The van der Waals surface area contributed by atoms with Crippen molar-refractivity contribution in [3.63, 3.8) is 0 Å². The first-order valence-corrected chi connectivity index (χ1v) is 9.48. The first-order valence-electron chi connectivity index (χ1n) is 8.00. The van der Waals surface area contributed by atoms with E-state index in [4.69, 9.17) is 0 Å². The van der Waals surface area contributed by atoms with Crippen LogP contribution in [0.3, 0.4) is 0 Å². The summed E-state index contributed by atoms with van der Waals surface area (Å²) in [5.41, 5.74) is 2.99. The van der Waals surface area contributed by atoms with Crippen LogP contribution in [-0.2, 0) is 30.0 Å². The largest absolute Gasteiger partial charge is 0.330 e. The van der Waals surface area contributed by atoms with Crippen LogP contribution in [0, 0.1) is 0 Å². The zero-order valence-electron chi connectivity index (χ0n) is 13.9. The van der Waals surface area contributed by atoms with Crippen LogP contribution in [0.25, 0.3) is 11.0 Å². The van der Waals surface area contributed by atoms with Crippen LogP contribution in [0.15, 0.2) is 53.4 Å². The minimum absolute atomic E-state index is 0.157. The minimum atomic E-state index is -3.55. The lowest BCUT2D eigenvalue weighted by Gasteiger charge is -2.08. The topological polar surface area (TPSA) is 64.0 Å². The molecule has 5 nitrogen and oxygen atoms in total. The average Bonchev–Trinajstić information content (AvgIpc) is 2.91. The Labute approximate surface area is 142 Å². The van der Waals surface area contributed by atoms with Gasteiger partial charge in [-0.25, -0.2) is 18.1 Å². The second-order valence-electron chi connectivity index (χ2n) is 5.79. The molecule has 0 fully saturated rings. The van der Waals surface area contributed by atoms with Crippen LogP contribution < -0.4 is 4.72 Å². The van der Waals surface area contributed by atoms with Crippen molar-refractivity contribution in [3.8, 4) is 0 Å². The van der Waals surface area contributed by atoms with E-state index < -0.39 is 10.0 Å². The predicted octanol–water partition coefficient (Wildman–Crippen LogP) is 3.00. The molecule has 0 atom stereocenters. The lowest BCUT2D eigenvalue weighted by Crippen LogP contribution is -2.24. The molecule has 1 heterocycles. The maximum atomic E-state index is 12.5. The Morgan fingerprint density at radius 2 is 1.79 bits per heavy atom. The van der Waals surface area contributed by atoms with Gasteiger partial charge in [-0.05, 0) is 36.2 Å². The quantitative estimate of drug-likeness (QED) is 0.748. The number of imidazole rings is 1. The predicted molar refractivity (Wildman–Crippen MR) is 95.2 cm³/mol. The molecule has 0 aliphatic carbocycles. The molecular formula is C18H21N3O2S. The van der Waals surface area contributed by atoms with E-state index in [-0.39, 0.29) is 11.4 Å². The molecule has 6 heteroatoms. The molecule has 0 amide bonds. The van der Waals surface area contributed by atoms with E-state index in [9.17, 15) is 8.42 Å². The zero-order valence-corrected chi connectivity index (χ0v) is 14.7. The summed E-state index contributed by atoms with van der Waals surface area (Å²) < 4.78 is 29.4. The Hall–Kier alpha value is -2.18. The molecule has 3 rings (SSSR count). The molecule has 0 bridgehead atoms. The van der Waals surface area contributed by atoms with Crippen LogP contribution in [0.2, 0.25) is 0 Å². The van der Waals surface area contributed by atoms with E-state index in [1.807, 2.05) is 48.0 Å². The highest BCUT2D eigenvalue weighted by molar-refractivity contribution is 7.89. The van der Waals surface area contributed by atoms with Gasteiger partial charge < -0.3 is 4.57 Å². The number of rotatable bonds is 6. The number of aryl methyl sites for hydroxylation is 2. The Bertz CT molecular complexity index is 944. The standard InChI is InChI=1S/C18H21N3O2S/c1-3-6-14-9-11-15(12-10-14)24(22,23)19-13-18-20-16-7-4-5-8-17(16)21(18)2/h4-5,7-12,19H,3,6,13H2,1-2H3. The summed E-state index contributed by atoms with van der Waals surface area (Å²) in [7, 11) is -1.66. The van der Waals surface area contributed by atoms with E-state index >= 15 is 0 Å². The van der Waals surface area contributed by atoms with Crippen LogP contribution in [0.1, 0.15) is 24.7 Å². The van der Waals surface area contributed by atoms with Gasteiger partial charge in [0.2, 0.25) is 10.0 Å². The molecule has 1 aromatic heterocycles. The Balaban J connectivity index is 1.77. The molecule has 0 aliphatic heterocycles. The van der Waals surface area contributed by atoms with Gasteiger partial charge in [-0.15, -0.1) is 0 Å². The highest BCUT2D eigenvalue weighted by atomic mass is 32.2. The zero-order chi connectivity index (χ0) is 17.2. The number of aromatic nitrogens is 2. The van der Waals surface area contributed by atoms with Gasteiger partial charge in [-0.2, -0.15) is 0 Å². The van der Waals surface area contributed by atoms with E-state index in [1.165, 1.54) is 0 Å². The summed E-state index contributed by atoms with van der Waals surface area (Å²) in [4.78, 5) is 4.76. The molecule has 0 spiro atoms. The fourth-order valence-electron chi connectivity index (χ4n) is 2.72. The van der Waals surface area contributed by atoms with Crippen LogP contribution in [0.5, 0.6) is 0 Å². The van der Waals surface area contributed by atoms with Crippen molar-refractivity contribution in [2.75, 3.05) is 0 Å². The molecule has 1 N–H and O–H groups in total.